The summed E-state index contributed by atoms with van der Waals surface area (Å²) in [6.45, 7) is 1.27. The lowest BCUT2D eigenvalue weighted by atomic mass is 9.97. The lowest BCUT2D eigenvalue weighted by Crippen LogP contribution is -2.35. The fourth-order valence-electron chi connectivity index (χ4n) is 3.21. The van der Waals surface area contributed by atoms with Gasteiger partial charge in [0.2, 0.25) is 5.91 Å². The summed E-state index contributed by atoms with van der Waals surface area (Å²) < 4.78 is 38.4. The van der Waals surface area contributed by atoms with Gasteiger partial charge in [-0.2, -0.15) is 18.4 Å². The van der Waals surface area contributed by atoms with Gasteiger partial charge in [0.15, 0.2) is 0 Å². The zero-order valence-corrected chi connectivity index (χ0v) is 11.9. The van der Waals surface area contributed by atoms with Crippen molar-refractivity contribution in [2.45, 2.75) is 31.4 Å². The molecule has 0 spiro atoms. The molecule has 22 heavy (non-hydrogen) atoms. The van der Waals surface area contributed by atoms with Gasteiger partial charge >= 0.3 is 6.18 Å². The van der Waals surface area contributed by atoms with E-state index in [0.717, 1.165) is 25.0 Å². The van der Waals surface area contributed by atoms with Crippen LogP contribution in [0.1, 0.15) is 36.3 Å². The van der Waals surface area contributed by atoms with E-state index in [2.05, 4.69) is 6.07 Å². The maximum atomic E-state index is 12.8. The fourth-order valence-corrected chi connectivity index (χ4v) is 3.21. The van der Waals surface area contributed by atoms with E-state index in [1.54, 1.807) is 11.0 Å². The van der Waals surface area contributed by atoms with E-state index in [-0.39, 0.29) is 5.91 Å². The lowest BCUT2D eigenvalue weighted by Gasteiger charge is -2.19. The lowest BCUT2D eigenvalue weighted by molar-refractivity contribution is -0.137. The van der Waals surface area contributed by atoms with Gasteiger partial charge in [0.05, 0.1) is 11.6 Å². The number of carbonyl (C=O) groups excluding carboxylic acids is 1. The summed E-state index contributed by atoms with van der Waals surface area (Å²) in [6.07, 6.45) is -2.28. The van der Waals surface area contributed by atoms with Crippen LogP contribution in [0.4, 0.5) is 13.2 Å². The summed E-state index contributed by atoms with van der Waals surface area (Å²) in [5.41, 5.74) is -1.49. The number of alkyl halides is 3. The third-order valence-corrected chi connectivity index (χ3v) is 4.55. The van der Waals surface area contributed by atoms with E-state index in [4.69, 9.17) is 0 Å². The number of hydrogen-bond donors (Lipinski definition) is 0. The van der Waals surface area contributed by atoms with Crippen LogP contribution >= 0.6 is 0 Å². The molecule has 1 saturated carbocycles. The maximum absolute atomic E-state index is 12.8. The first kappa shape index (κ1) is 14.9. The SMILES string of the molecule is N#CC1(C(=O)N2CCCC2)CC1c1cccc(C(F)(F)F)c1. The summed E-state index contributed by atoms with van der Waals surface area (Å²) in [4.78, 5) is 14.2. The minimum Gasteiger partial charge on any atom is -0.341 e. The largest absolute Gasteiger partial charge is 0.416 e. The maximum Gasteiger partial charge on any atom is 0.416 e. The summed E-state index contributed by atoms with van der Waals surface area (Å²) in [7, 11) is 0. The molecule has 3 nitrogen and oxygen atoms in total. The van der Waals surface area contributed by atoms with E-state index in [9.17, 15) is 23.2 Å². The van der Waals surface area contributed by atoms with Crippen molar-refractivity contribution < 1.29 is 18.0 Å². The smallest absolute Gasteiger partial charge is 0.341 e. The van der Waals surface area contributed by atoms with E-state index < -0.39 is 23.1 Å². The molecule has 0 aromatic heterocycles. The molecule has 6 heteroatoms. The average molecular weight is 308 g/mol. The van der Waals surface area contributed by atoms with Gasteiger partial charge in [-0.15, -0.1) is 0 Å². The van der Waals surface area contributed by atoms with Crippen molar-refractivity contribution in [3.8, 4) is 6.07 Å². The molecule has 3 rings (SSSR count). The Morgan fingerprint density at radius 2 is 2.00 bits per heavy atom. The molecule has 0 bridgehead atoms. The average Bonchev–Trinajstić information content (AvgIpc) is 3.00. The number of halogens is 3. The van der Waals surface area contributed by atoms with Crippen LogP contribution in [0.15, 0.2) is 24.3 Å². The monoisotopic (exact) mass is 308 g/mol. The molecular weight excluding hydrogens is 293 g/mol. The van der Waals surface area contributed by atoms with Crippen LogP contribution in [0.2, 0.25) is 0 Å². The van der Waals surface area contributed by atoms with Crippen LogP contribution in [0.25, 0.3) is 0 Å². The molecule has 0 radical (unpaired) electrons. The van der Waals surface area contributed by atoms with Gasteiger partial charge in [0.1, 0.15) is 5.41 Å². The number of rotatable bonds is 2. The van der Waals surface area contributed by atoms with Crippen LogP contribution in [0, 0.1) is 16.7 Å². The predicted octanol–water partition coefficient (Wildman–Crippen LogP) is 3.33. The Bertz CT molecular complexity index is 644. The minimum atomic E-state index is -4.42. The van der Waals surface area contributed by atoms with Crippen LogP contribution in [-0.2, 0) is 11.0 Å². The Labute approximate surface area is 126 Å². The molecule has 2 fully saturated rings. The van der Waals surface area contributed by atoms with Gasteiger partial charge in [0, 0.05) is 19.0 Å². The number of amides is 1. The van der Waals surface area contributed by atoms with E-state index in [1.165, 1.54) is 6.07 Å². The van der Waals surface area contributed by atoms with Crippen molar-refractivity contribution in [3.63, 3.8) is 0 Å². The Kier molecular flexibility index (Phi) is 3.39. The van der Waals surface area contributed by atoms with E-state index in [1.807, 2.05) is 0 Å². The zero-order chi connectivity index (χ0) is 16.0. The number of benzene rings is 1. The van der Waals surface area contributed by atoms with Crippen molar-refractivity contribution >= 4 is 5.91 Å². The molecule has 1 aromatic carbocycles. The number of hydrogen-bond acceptors (Lipinski definition) is 2. The normalized spacial score (nSPS) is 27.5. The number of nitriles is 1. The van der Waals surface area contributed by atoms with Gasteiger partial charge in [-0.05, 0) is 30.9 Å². The van der Waals surface area contributed by atoms with Gasteiger partial charge < -0.3 is 4.90 Å². The number of likely N-dealkylation sites (tertiary alicyclic amines) is 1. The molecule has 0 N–H and O–H groups in total. The quantitative estimate of drug-likeness (QED) is 0.841. The summed E-state index contributed by atoms with van der Waals surface area (Å²) in [6, 6.07) is 7.02. The highest BCUT2D eigenvalue weighted by atomic mass is 19.4. The first-order valence-corrected chi connectivity index (χ1v) is 7.26. The highest BCUT2D eigenvalue weighted by Gasteiger charge is 2.63. The van der Waals surface area contributed by atoms with Crippen molar-refractivity contribution in [1.29, 1.82) is 5.26 Å². The van der Waals surface area contributed by atoms with E-state index >= 15 is 0 Å². The summed E-state index contributed by atoms with van der Waals surface area (Å²) in [5, 5.41) is 9.43. The van der Waals surface area contributed by atoms with Crippen LogP contribution in [0.3, 0.4) is 0 Å². The molecule has 1 heterocycles. The van der Waals surface area contributed by atoms with Crippen LogP contribution in [-0.4, -0.2) is 23.9 Å². The summed E-state index contributed by atoms with van der Waals surface area (Å²) >= 11 is 0. The predicted molar refractivity (Wildman–Crippen MR) is 72.7 cm³/mol. The van der Waals surface area contributed by atoms with Crippen molar-refractivity contribution in [2.24, 2.45) is 5.41 Å². The third-order valence-electron chi connectivity index (χ3n) is 4.55. The zero-order valence-electron chi connectivity index (χ0n) is 11.9. The Morgan fingerprint density at radius 1 is 1.32 bits per heavy atom. The highest BCUT2D eigenvalue weighted by molar-refractivity contribution is 5.90. The molecule has 1 aromatic rings. The molecule has 1 aliphatic carbocycles. The Hall–Kier alpha value is -2.03. The molecule has 116 valence electrons. The fraction of sp³-hybridized carbons (Fsp3) is 0.500. The Morgan fingerprint density at radius 3 is 2.59 bits per heavy atom. The molecule has 1 saturated heterocycles. The molecule has 1 amide bonds. The summed E-state index contributed by atoms with van der Waals surface area (Å²) in [5.74, 6) is -0.664. The van der Waals surface area contributed by atoms with Crippen molar-refractivity contribution in [3.05, 3.63) is 35.4 Å². The number of nitrogens with zero attached hydrogens (tertiary/aromatic N) is 2. The van der Waals surface area contributed by atoms with Crippen LogP contribution in [0.5, 0.6) is 0 Å². The highest BCUT2D eigenvalue weighted by Crippen LogP contribution is 2.60. The van der Waals surface area contributed by atoms with E-state index in [0.29, 0.717) is 25.1 Å². The molecule has 2 aliphatic rings. The van der Waals surface area contributed by atoms with Gasteiger partial charge in [-0.1, -0.05) is 18.2 Å². The van der Waals surface area contributed by atoms with Crippen LogP contribution < -0.4 is 0 Å². The van der Waals surface area contributed by atoms with Crippen molar-refractivity contribution in [1.82, 2.24) is 4.90 Å². The molecular formula is C16H15F3N2O. The first-order chi connectivity index (χ1) is 10.4. The first-order valence-electron chi connectivity index (χ1n) is 7.26. The topological polar surface area (TPSA) is 44.1 Å². The Balaban J connectivity index is 1.85. The second-order valence-corrected chi connectivity index (χ2v) is 5.96. The number of carbonyl (C=O) groups is 1. The minimum absolute atomic E-state index is 0.227. The third kappa shape index (κ3) is 2.35. The standard InChI is InChI=1S/C16H15F3N2O/c17-16(18,19)12-5-3-4-11(8-12)13-9-15(13,10-20)14(22)21-6-1-2-7-21/h3-5,8,13H,1-2,6-7,9H2. The molecule has 2 unspecified atom stereocenters. The van der Waals surface area contributed by atoms with Gasteiger partial charge in [-0.25, -0.2) is 0 Å². The second-order valence-electron chi connectivity index (χ2n) is 5.96. The second kappa shape index (κ2) is 5.01. The van der Waals surface area contributed by atoms with Gasteiger partial charge in [0.25, 0.3) is 0 Å². The van der Waals surface area contributed by atoms with Gasteiger partial charge in [-0.3, -0.25) is 4.79 Å². The van der Waals surface area contributed by atoms with Crippen molar-refractivity contribution in [2.75, 3.05) is 13.1 Å². The molecule has 2 atom stereocenters. The molecule has 1 aliphatic heterocycles.